The highest BCUT2D eigenvalue weighted by Gasteiger charge is 2.38. The van der Waals surface area contributed by atoms with E-state index in [0.29, 0.717) is 0 Å². The molecule has 1 heterocycles. The second-order valence-electron chi connectivity index (χ2n) is 5.24. The maximum absolute atomic E-state index is 14.0. The topological polar surface area (TPSA) is 85.1 Å². The molecule has 27 heavy (non-hydrogen) atoms. The number of rotatable bonds is 6. The number of hydrogen-bond acceptors (Lipinski definition) is 5. The number of sulfonamides is 1. The Balaban J connectivity index is 2.07. The maximum atomic E-state index is 14.0. The number of benzene rings is 1. The Morgan fingerprint density at radius 2 is 1.78 bits per heavy atom. The van der Waals surface area contributed by atoms with E-state index in [9.17, 15) is 39.2 Å². The van der Waals surface area contributed by atoms with E-state index in [1.54, 1.807) is 0 Å². The van der Waals surface area contributed by atoms with Gasteiger partial charge in [-0.05, 0) is 17.7 Å². The van der Waals surface area contributed by atoms with Crippen LogP contribution in [0, 0.1) is 5.82 Å². The van der Waals surface area contributed by atoms with E-state index in [0.717, 1.165) is 18.2 Å². The molecule has 0 fully saturated rings. The van der Waals surface area contributed by atoms with Crippen LogP contribution in [-0.2, 0) is 22.7 Å². The normalized spacial score (nSPS) is 13.1. The van der Waals surface area contributed by atoms with Crippen LogP contribution in [0.1, 0.15) is 17.9 Å². The molecule has 0 amide bonds. The Hall–Kier alpha value is -2.22. The fourth-order valence-corrected chi connectivity index (χ4v) is 2.84. The summed E-state index contributed by atoms with van der Waals surface area (Å²) in [5, 5.41) is 3.01. The van der Waals surface area contributed by atoms with Gasteiger partial charge in [0.05, 0.1) is 17.7 Å². The zero-order valence-electron chi connectivity index (χ0n) is 13.0. The third-order valence-electron chi connectivity index (χ3n) is 3.09. The predicted molar refractivity (Wildman–Crippen MR) is 76.0 cm³/mol. The zero-order valence-corrected chi connectivity index (χ0v) is 13.8. The van der Waals surface area contributed by atoms with Gasteiger partial charge in [-0.3, -0.25) is 0 Å². The fourth-order valence-electron chi connectivity index (χ4n) is 1.81. The van der Waals surface area contributed by atoms with Crippen LogP contribution in [0.2, 0.25) is 0 Å². The SMILES string of the molecule is O=S(=O)(CCC(F)(F)F)NCc1ccc(-c2noc(C(F)(F)F)n2)c(F)c1. The lowest BCUT2D eigenvalue weighted by Gasteiger charge is -2.09. The van der Waals surface area contributed by atoms with Crippen molar-refractivity contribution in [3.63, 3.8) is 0 Å². The van der Waals surface area contributed by atoms with Crippen LogP contribution < -0.4 is 4.72 Å². The van der Waals surface area contributed by atoms with Crippen LogP contribution >= 0.6 is 0 Å². The van der Waals surface area contributed by atoms with Crippen molar-refractivity contribution in [3.05, 3.63) is 35.5 Å². The molecule has 1 aromatic carbocycles. The van der Waals surface area contributed by atoms with Gasteiger partial charge in [-0.2, -0.15) is 31.3 Å². The molecular formula is C13H10F7N3O3S. The van der Waals surface area contributed by atoms with Crippen LogP contribution in [0.25, 0.3) is 11.4 Å². The minimum absolute atomic E-state index is 0.0198. The quantitative estimate of drug-likeness (QED) is 0.724. The summed E-state index contributed by atoms with van der Waals surface area (Å²) in [6.07, 6.45) is -11.1. The van der Waals surface area contributed by atoms with Crippen LogP contribution in [0.4, 0.5) is 30.7 Å². The second kappa shape index (κ2) is 7.42. The highest BCUT2D eigenvalue weighted by molar-refractivity contribution is 7.89. The summed E-state index contributed by atoms with van der Waals surface area (Å²) >= 11 is 0. The second-order valence-corrected chi connectivity index (χ2v) is 7.17. The minimum atomic E-state index is -4.91. The number of hydrogen-bond donors (Lipinski definition) is 1. The Kier molecular flexibility index (Phi) is 5.79. The van der Waals surface area contributed by atoms with E-state index in [4.69, 9.17) is 0 Å². The predicted octanol–water partition coefficient (Wildman–Crippen LogP) is 3.27. The first-order valence-electron chi connectivity index (χ1n) is 7.01. The van der Waals surface area contributed by atoms with E-state index in [2.05, 4.69) is 14.7 Å². The molecule has 14 heteroatoms. The molecule has 0 saturated carbocycles. The molecule has 150 valence electrons. The third kappa shape index (κ3) is 6.16. The maximum Gasteiger partial charge on any atom is 0.471 e. The van der Waals surface area contributed by atoms with Gasteiger partial charge in [0.2, 0.25) is 15.8 Å². The summed E-state index contributed by atoms with van der Waals surface area (Å²) in [5.41, 5.74) is -0.413. The minimum Gasteiger partial charge on any atom is -0.329 e. The zero-order chi connectivity index (χ0) is 20.5. The van der Waals surface area contributed by atoms with Crippen molar-refractivity contribution < 1.29 is 43.7 Å². The smallest absolute Gasteiger partial charge is 0.329 e. The molecule has 0 unspecified atom stereocenters. The number of halogens is 7. The molecule has 0 radical (unpaired) electrons. The van der Waals surface area contributed by atoms with Gasteiger partial charge in [-0.15, -0.1) is 0 Å². The van der Waals surface area contributed by atoms with E-state index < -0.39 is 64.2 Å². The lowest BCUT2D eigenvalue weighted by molar-refractivity contribution is -0.159. The number of alkyl halides is 6. The Morgan fingerprint density at radius 3 is 2.30 bits per heavy atom. The molecule has 0 bridgehead atoms. The molecule has 0 aliphatic heterocycles. The van der Waals surface area contributed by atoms with Gasteiger partial charge in [-0.25, -0.2) is 17.5 Å². The van der Waals surface area contributed by atoms with E-state index in [-0.39, 0.29) is 5.56 Å². The average Bonchev–Trinajstić information content (AvgIpc) is 3.01. The molecule has 2 aromatic rings. The van der Waals surface area contributed by atoms with E-state index in [1.807, 2.05) is 4.72 Å². The number of nitrogens with zero attached hydrogens (tertiary/aromatic N) is 2. The van der Waals surface area contributed by atoms with Crippen molar-refractivity contribution in [2.75, 3.05) is 5.75 Å². The summed E-state index contributed by atoms with van der Waals surface area (Å²) in [7, 11) is -4.26. The third-order valence-corrected chi connectivity index (χ3v) is 4.42. The van der Waals surface area contributed by atoms with Crippen LogP contribution in [-0.4, -0.2) is 30.5 Å². The Labute approximate surface area is 147 Å². The summed E-state index contributed by atoms with van der Waals surface area (Å²) in [6, 6.07) is 2.92. The first kappa shape index (κ1) is 21.1. The summed E-state index contributed by atoms with van der Waals surface area (Å²) < 4.78 is 116. The molecule has 1 aromatic heterocycles. The summed E-state index contributed by atoms with van der Waals surface area (Å²) in [4.78, 5) is 3.01. The van der Waals surface area contributed by atoms with Crippen molar-refractivity contribution in [3.8, 4) is 11.4 Å². The first-order chi connectivity index (χ1) is 12.3. The summed E-state index contributed by atoms with van der Waals surface area (Å²) in [6.45, 7) is -0.516. The van der Waals surface area contributed by atoms with E-state index >= 15 is 0 Å². The number of aromatic nitrogens is 2. The van der Waals surface area contributed by atoms with Crippen molar-refractivity contribution in [1.29, 1.82) is 0 Å². The van der Waals surface area contributed by atoms with Crippen LogP contribution in [0.15, 0.2) is 22.7 Å². The average molecular weight is 421 g/mol. The van der Waals surface area contributed by atoms with Crippen molar-refractivity contribution >= 4 is 10.0 Å². The van der Waals surface area contributed by atoms with Gasteiger partial charge < -0.3 is 4.52 Å². The van der Waals surface area contributed by atoms with Crippen molar-refractivity contribution in [1.82, 2.24) is 14.9 Å². The fraction of sp³-hybridized carbons (Fsp3) is 0.385. The van der Waals surface area contributed by atoms with Crippen molar-refractivity contribution in [2.24, 2.45) is 0 Å². The largest absolute Gasteiger partial charge is 0.471 e. The highest BCUT2D eigenvalue weighted by Crippen LogP contribution is 2.30. The van der Waals surface area contributed by atoms with Gasteiger partial charge in [0, 0.05) is 6.54 Å². The van der Waals surface area contributed by atoms with Crippen molar-refractivity contribution in [2.45, 2.75) is 25.3 Å². The Bertz CT molecular complexity index is 907. The van der Waals surface area contributed by atoms with Crippen LogP contribution in [0.3, 0.4) is 0 Å². The molecular weight excluding hydrogens is 411 g/mol. The Morgan fingerprint density at radius 1 is 1.11 bits per heavy atom. The molecule has 2 rings (SSSR count). The first-order valence-corrected chi connectivity index (χ1v) is 8.66. The van der Waals surface area contributed by atoms with E-state index in [1.165, 1.54) is 0 Å². The lowest BCUT2D eigenvalue weighted by atomic mass is 10.1. The van der Waals surface area contributed by atoms with Gasteiger partial charge in [0.25, 0.3) is 0 Å². The molecule has 0 spiro atoms. The standard InChI is InChI=1S/C13H10F7N3O3S/c14-9-5-7(6-21-27(24,25)4-3-12(15,16)17)1-2-8(9)10-22-11(26-23-10)13(18,19)20/h1-2,5,21H,3-4,6H2. The van der Waals surface area contributed by atoms with Crippen LogP contribution in [0.5, 0.6) is 0 Å². The number of nitrogens with one attached hydrogen (secondary N) is 1. The highest BCUT2D eigenvalue weighted by atomic mass is 32.2. The van der Waals surface area contributed by atoms with Gasteiger partial charge in [0.1, 0.15) is 5.82 Å². The van der Waals surface area contributed by atoms with Gasteiger partial charge in [0.15, 0.2) is 0 Å². The van der Waals surface area contributed by atoms with Gasteiger partial charge in [-0.1, -0.05) is 11.2 Å². The van der Waals surface area contributed by atoms with Gasteiger partial charge >= 0.3 is 18.2 Å². The molecule has 0 saturated heterocycles. The molecule has 1 N–H and O–H groups in total. The lowest BCUT2D eigenvalue weighted by Crippen LogP contribution is -2.28. The molecule has 6 nitrogen and oxygen atoms in total. The monoisotopic (exact) mass is 421 g/mol. The molecule has 0 atom stereocenters. The molecule has 0 aliphatic carbocycles. The summed E-state index contributed by atoms with van der Waals surface area (Å²) in [5.74, 6) is -4.60. The molecule has 0 aliphatic rings.